The Morgan fingerprint density at radius 3 is 1.25 bits per heavy atom. The van der Waals surface area contributed by atoms with Gasteiger partial charge in [0, 0.05) is 43.5 Å². The Kier molecular flexibility index (Phi) is 6.04. The van der Waals surface area contributed by atoms with Gasteiger partial charge in [0.2, 0.25) is 0 Å². The second-order valence-corrected chi connectivity index (χ2v) is 18.2. The van der Waals surface area contributed by atoms with E-state index in [2.05, 4.69) is 177 Å². The van der Waals surface area contributed by atoms with E-state index in [1.54, 1.807) is 0 Å². The summed E-state index contributed by atoms with van der Waals surface area (Å²) < 4.78 is 21.8. The topological polar surface area (TPSA) is 30.2 Å². The van der Waals surface area contributed by atoms with E-state index >= 15 is 4.57 Å². The number of hydrogen-bond acceptors (Lipinski definition) is 2. The molecule has 0 saturated heterocycles. The summed E-state index contributed by atoms with van der Waals surface area (Å²) in [7, 11) is -3.41. The molecule has 7 aromatic carbocycles. The lowest BCUT2D eigenvalue weighted by atomic mass is 10.1. The number of anilines is 3. The first-order valence-corrected chi connectivity index (χ1v) is 20.2. The first kappa shape index (κ1) is 30.8. The molecule has 0 fully saturated rings. The van der Waals surface area contributed by atoms with Gasteiger partial charge in [-0.2, -0.15) is 0 Å². The molecule has 2 aliphatic rings. The average molecular weight is 704 g/mol. The summed E-state index contributed by atoms with van der Waals surface area (Å²) in [5.41, 5.74) is 16.6. The molecule has 0 bridgehead atoms. The summed E-state index contributed by atoms with van der Waals surface area (Å²) in [4.78, 5) is 2.36. The molecule has 0 spiro atoms. The van der Waals surface area contributed by atoms with Gasteiger partial charge in [0.25, 0.3) is 0 Å². The third-order valence-electron chi connectivity index (χ3n) is 11.7. The van der Waals surface area contributed by atoms with Crippen LogP contribution in [0.5, 0.6) is 0 Å². The van der Waals surface area contributed by atoms with Crippen LogP contribution >= 0.6 is 7.14 Å². The van der Waals surface area contributed by atoms with Crippen molar-refractivity contribution < 1.29 is 4.57 Å². The molecule has 4 nitrogen and oxygen atoms in total. The van der Waals surface area contributed by atoms with Crippen LogP contribution in [0, 0.1) is 41.5 Å². The van der Waals surface area contributed by atoms with Crippen molar-refractivity contribution >= 4 is 83.7 Å². The highest BCUT2D eigenvalue weighted by molar-refractivity contribution is 7.86. The van der Waals surface area contributed by atoms with E-state index in [1.807, 2.05) is 0 Å². The third-order valence-corrected chi connectivity index (χ3v) is 14.8. The molecule has 11 rings (SSSR count). The molecule has 0 saturated carbocycles. The molecule has 0 atom stereocenters. The fraction of sp³-hybridized carbons (Fsp3) is 0.125. The number of hydrogen-bond donors (Lipinski definition) is 0. The predicted molar refractivity (Wildman–Crippen MR) is 225 cm³/mol. The molecule has 0 aliphatic carbocycles. The molecule has 2 aromatic heterocycles. The summed E-state index contributed by atoms with van der Waals surface area (Å²) in [6, 6.07) is 44.7. The zero-order valence-electron chi connectivity index (χ0n) is 30.7. The van der Waals surface area contributed by atoms with Gasteiger partial charge in [0.1, 0.15) is 0 Å². The predicted octanol–water partition coefficient (Wildman–Crippen LogP) is 11.5. The van der Waals surface area contributed by atoms with E-state index in [9.17, 15) is 0 Å². The Morgan fingerprint density at radius 2 is 0.811 bits per heavy atom. The van der Waals surface area contributed by atoms with Crippen LogP contribution in [-0.2, 0) is 4.57 Å². The first-order valence-electron chi connectivity index (χ1n) is 18.4. The maximum absolute atomic E-state index is 17.0. The van der Waals surface area contributed by atoms with Crippen LogP contribution in [-0.4, -0.2) is 9.13 Å². The van der Waals surface area contributed by atoms with Crippen molar-refractivity contribution in [3.8, 4) is 11.4 Å². The molecule has 0 amide bonds. The maximum atomic E-state index is 17.0. The lowest BCUT2D eigenvalue weighted by Crippen LogP contribution is -2.39. The van der Waals surface area contributed by atoms with Crippen LogP contribution in [0.1, 0.15) is 33.4 Å². The molecule has 256 valence electrons. The first-order chi connectivity index (χ1) is 25.6. The van der Waals surface area contributed by atoms with E-state index in [1.165, 1.54) is 33.0 Å². The van der Waals surface area contributed by atoms with Gasteiger partial charge in [-0.1, -0.05) is 58.7 Å². The Labute approximate surface area is 308 Å². The maximum Gasteiger partial charge on any atom is 0.179 e. The number of rotatable bonds is 3. The lowest BCUT2D eigenvalue weighted by Gasteiger charge is -2.37. The lowest BCUT2D eigenvalue weighted by molar-refractivity contribution is 0.592. The number of aryl methyl sites for hydroxylation is 6. The van der Waals surface area contributed by atoms with Crippen molar-refractivity contribution in [3.05, 3.63) is 155 Å². The standard InChI is InChI=1S/C48H38N3OP/c1-27-7-13-33(14-8-27)49(34-15-9-28(2)10-16-34)35-25-42-48-43(26-35)51-41-18-12-30(4)20-37(41)39-22-32(6)24-45(47(39)51)53(48,52)44-23-31(5)21-38-36-19-29(3)11-17-40(36)50(42)46(38)44/h7-26H,1-6H3. The van der Waals surface area contributed by atoms with Crippen LogP contribution in [0.25, 0.3) is 55.0 Å². The van der Waals surface area contributed by atoms with Crippen molar-refractivity contribution in [2.45, 2.75) is 41.5 Å². The van der Waals surface area contributed by atoms with E-state index in [0.717, 1.165) is 88.3 Å². The molecule has 4 heterocycles. The Balaban J connectivity index is 1.38. The van der Waals surface area contributed by atoms with Crippen LogP contribution in [0.2, 0.25) is 0 Å². The van der Waals surface area contributed by atoms with Crippen molar-refractivity contribution in [2.75, 3.05) is 4.90 Å². The molecule has 53 heavy (non-hydrogen) atoms. The molecule has 5 heteroatoms. The van der Waals surface area contributed by atoms with Gasteiger partial charge >= 0.3 is 0 Å². The minimum absolute atomic E-state index is 0.920. The Morgan fingerprint density at radius 1 is 0.415 bits per heavy atom. The van der Waals surface area contributed by atoms with Gasteiger partial charge in [-0.25, -0.2) is 0 Å². The minimum atomic E-state index is -3.41. The number of nitrogens with zero attached hydrogens (tertiary/aromatic N) is 3. The molecule has 0 radical (unpaired) electrons. The monoisotopic (exact) mass is 703 g/mol. The van der Waals surface area contributed by atoms with Crippen LogP contribution in [0.15, 0.2) is 121 Å². The number of aromatic nitrogens is 2. The summed E-state index contributed by atoms with van der Waals surface area (Å²) in [6.45, 7) is 12.9. The quantitative estimate of drug-likeness (QED) is 0.172. The average Bonchev–Trinajstić information content (AvgIpc) is 3.63. The molecular weight excluding hydrogens is 666 g/mol. The van der Waals surface area contributed by atoms with E-state index in [4.69, 9.17) is 0 Å². The fourth-order valence-electron chi connectivity index (χ4n) is 9.33. The fourth-order valence-corrected chi connectivity index (χ4v) is 12.9. The second kappa shape index (κ2) is 10.4. The second-order valence-electron chi connectivity index (χ2n) is 15.5. The van der Waals surface area contributed by atoms with Gasteiger partial charge in [-0.15, -0.1) is 0 Å². The summed E-state index contributed by atoms with van der Waals surface area (Å²) in [5.74, 6) is 0. The van der Waals surface area contributed by atoms with Crippen molar-refractivity contribution in [1.29, 1.82) is 0 Å². The summed E-state index contributed by atoms with van der Waals surface area (Å²) in [5, 5.41) is 7.51. The molecule has 2 aliphatic heterocycles. The number of fused-ring (bicyclic) bond motifs is 10. The molecule has 0 unspecified atom stereocenters. The summed E-state index contributed by atoms with van der Waals surface area (Å²) in [6.07, 6.45) is 0. The molecular formula is C48H38N3OP. The largest absolute Gasteiger partial charge is 0.310 e. The van der Waals surface area contributed by atoms with E-state index < -0.39 is 7.14 Å². The Bertz CT molecular complexity index is 2940. The Hall–Kier alpha value is -5.83. The van der Waals surface area contributed by atoms with Gasteiger partial charge in [-0.05, 0) is 138 Å². The van der Waals surface area contributed by atoms with Gasteiger partial charge < -0.3 is 18.6 Å². The van der Waals surface area contributed by atoms with E-state index in [-0.39, 0.29) is 0 Å². The molecule has 9 aromatic rings. The minimum Gasteiger partial charge on any atom is -0.310 e. The van der Waals surface area contributed by atoms with Crippen LogP contribution in [0.3, 0.4) is 0 Å². The van der Waals surface area contributed by atoms with Crippen LogP contribution in [0.4, 0.5) is 17.1 Å². The summed E-state index contributed by atoms with van der Waals surface area (Å²) >= 11 is 0. The zero-order valence-corrected chi connectivity index (χ0v) is 31.6. The van der Waals surface area contributed by atoms with Gasteiger partial charge in [0.15, 0.2) is 7.14 Å². The van der Waals surface area contributed by atoms with Crippen molar-refractivity contribution in [3.63, 3.8) is 0 Å². The highest BCUT2D eigenvalue weighted by Gasteiger charge is 2.47. The van der Waals surface area contributed by atoms with E-state index in [0.29, 0.717) is 0 Å². The van der Waals surface area contributed by atoms with Gasteiger partial charge in [0.05, 0.1) is 44.4 Å². The zero-order chi connectivity index (χ0) is 36.1. The van der Waals surface area contributed by atoms with Crippen molar-refractivity contribution in [1.82, 2.24) is 9.13 Å². The number of benzene rings is 7. The SMILES string of the molecule is Cc1ccc(N(c2ccc(C)cc2)c2cc3c4c(c2)-n2c5ccc(C)cc5c5cc(C)cc(c52)P4(=O)c2cc(C)cc4c5cc(C)ccc5n-3c24)cc1. The normalized spacial score (nSPS) is 13.7. The third kappa shape index (κ3) is 3.99. The van der Waals surface area contributed by atoms with Crippen molar-refractivity contribution in [2.24, 2.45) is 0 Å². The molecule has 0 N–H and O–H groups in total. The highest BCUT2D eigenvalue weighted by Crippen LogP contribution is 2.58. The highest BCUT2D eigenvalue weighted by atomic mass is 31.2. The van der Waals surface area contributed by atoms with Crippen LogP contribution < -0.4 is 20.8 Å². The van der Waals surface area contributed by atoms with Gasteiger partial charge in [-0.3, -0.25) is 0 Å². The smallest absolute Gasteiger partial charge is 0.179 e.